The van der Waals surface area contributed by atoms with Gasteiger partial charge < -0.3 is 5.73 Å². The first-order valence-electron chi connectivity index (χ1n) is 4.56. The summed E-state index contributed by atoms with van der Waals surface area (Å²) in [6.45, 7) is 0. The zero-order valence-electron chi connectivity index (χ0n) is 9.71. The lowest BCUT2D eigenvalue weighted by atomic mass is 10.3. The third-order valence-electron chi connectivity index (χ3n) is 1.85. The van der Waals surface area contributed by atoms with Gasteiger partial charge in [0.2, 0.25) is 10.0 Å². The molecule has 102 valence electrons. The van der Waals surface area contributed by atoms with Crippen LogP contribution in [0.3, 0.4) is 0 Å². The summed E-state index contributed by atoms with van der Waals surface area (Å²) in [5, 5.41) is 9.93. The van der Waals surface area contributed by atoms with Gasteiger partial charge in [-0.2, -0.15) is 5.10 Å². The Morgan fingerprint density at radius 2 is 2.06 bits per heavy atom. The molecule has 0 unspecified atom stereocenters. The number of nitrogens with two attached hydrogens (primary N) is 1. The van der Waals surface area contributed by atoms with Gasteiger partial charge in [0.15, 0.2) is 14.9 Å². The summed E-state index contributed by atoms with van der Waals surface area (Å²) >= 11 is 0. The topological polar surface area (TPSA) is 148 Å². The maximum atomic E-state index is 11.6. The molecule has 1 aromatic rings. The molecule has 0 spiro atoms. The first-order valence-corrected chi connectivity index (χ1v) is 8.28. The predicted octanol–water partition coefficient (Wildman–Crippen LogP) is -1.55. The van der Waals surface area contributed by atoms with Crippen molar-refractivity contribution in [3.63, 3.8) is 0 Å². The van der Waals surface area contributed by atoms with Gasteiger partial charge in [0, 0.05) is 13.3 Å². The average molecular weight is 295 g/mol. The van der Waals surface area contributed by atoms with E-state index in [-0.39, 0.29) is 17.2 Å². The third kappa shape index (κ3) is 3.70. The van der Waals surface area contributed by atoms with E-state index in [0.29, 0.717) is 0 Å². The van der Waals surface area contributed by atoms with Gasteiger partial charge in [-0.3, -0.25) is 14.8 Å². The molecule has 1 heterocycles. The van der Waals surface area contributed by atoms with E-state index in [9.17, 15) is 16.8 Å². The summed E-state index contributed by atoms with van der Waals surface area (Å²) in [6, 6.07) is 0. The Hall–Kier alpha value is -1.62. The minimum absolute atomic E-state index is 0.0499. The molecule has 0 saturated heterocycles. The van der Waals surface area contributed by atoms with Crippen LogP contribution in [0, 0.1) is 5.41 Å². The molecule has 0 bridgehead atoms. The SMILES string of the molecule is Cn1ncc(C(=N)N)c1NS(=O)(=O)CS(C)(=O)=O. The molecule has 0 aliphatic heterocycles. The van der Waals surface area contributed by atoms with Gasteiger partial charge in [0.05, 0.1) is 11.8 Å². The predicted molar refractivity (Wildman–Crippen MR) is 66.5 cm³/mol. The number of rotatable bonds is 5. The highest BCUT2D eigenvalue weighted by atomic mass is 32.3. The summed E-state index contributed by atoms with van der Waals surface area (Å²) in [5.41, 5.74) is 5.33. The maximum absolute atomic E-state index is 11.6. The first-order chi connectivity index (χ1) is 8.02. The molecule has 1 rings (SSSR count). The fraction of sp³-hybridized carbons (Fsp3) is 0.429. The van der Waals surface area contributed by atoms with Gasteiger partial charge >= 0.3 is 0 Å². The first kappa shape index (κ1) is 14.4. The fourth-order valence-electron chi connectivity index (χ4n) is 1.21. The number of hydrogen-bond acceptors (Lipinski definition) is 6. The Balaban J connectivity index is 3.12. The van der Waals surface area contributed by atoms with E-state index in [1.165, 1.54) is 13.2 Å². The van der Waals surface area contributed by atoms with E-state index >= 15 is 0 Å². The fourth-order valence-corrected chi connectivity index (χ4v) is 4.24. The van der Waals surface area contributed by atoms with E-state index in [1.807, 2.05) is 4.72 Å². The van der Waals surface area contributed by atoms with Crippen LogP contribution in [0.2, 0.25) is 0 Å². The van der Waals surface area contributed by atoms with Crippen LogP contribution in [-0.2, 0) is 26.9 Å². The van der Waals surface area contributed by atoms with Crippen molar-refractivity contribution in [3.8, 4) is 0 Å². The van der Waals surface area contributed by atoms with Crippen molar-refractivity contribution in [2.24, 2.45) is 12.8 Å². The summed E-state index contributed by atoms with van der Waals surface area (Å²) < 4.78 is 48.3. The molecule has 0 aliphatic rings. The molecule has 0 fully saturated rings. The molecule has 0 aromatic carbocycles. The lowest BCUT2D eigenvalue weighted by Crippen LogP contribution is -2.25. The van der Waals surface area contributed by atoms with E-state index in [1.54, 1.807) is 0 Å². The second kappa shape index (κ2) is 4.57. The van der Waals surface area contributed by atoms with Crippen molar-refractivity contribution in [1.29, 1.82) is 5.41 Å². The Bertz CT molecular complexity index is 673. The smallest absolute Gasteiger partial charge is 0.248 e. The number of hydrogen-bond donors (Lipinski definition) is 3. The standard InChI is InChI=1S/C7H13N5O4S2/c1-12-7(5(3-10-12)6(8)9)11-18(15,16)4-17(2,13)14/h3,11H,4H2,1-2H3,(H3,8,9). The Morgan fingerprint density at radius 1 is 1.50 bits per heavy atom. The van der Waals surface area contributed by atoms with Crippen molar-refractivity contribution in [1.82, 2.24) is 9.78 Å². The van der Waals surface area contributed by atoms with Gasteiger partial charge in [-0.25, -0.2) is 16.8 Å². The van der Waals surface area contributed by atoms with E-state index < -0.39 is 24.9 Å². The number of aromatic nitrogens is 2. The minimum atomic E-state index is -4.09. The highest BCUT2D eigenvalue weighted by Gasteiger charge is 2.22. The molecule has 0 atom stereocenters. The Morgan fingerprint density at radius 3 is 2.50 bits per heavy atom. The summed E-state index contributed by atoms with van der Waals surface area (Å²) in [5.74, 6) is -0.425. The minimum Gasteiger partial charge on any atom is -0.384 e. The molecule has 0 aliphatic carbocycles. The number of aryl methyl sites for hydroxylation is 1. The number of sulfonamides is 1. The van der Waals surface area contributed by atoms with Gasteiger partial charge in [-0.05, 0) is 0 Å². The molecule has 4 N–H and O–H groups in total. The molecule has 9 nitrogen and oxygen atoms in total. The van der Waals surface area contributed by atoms with Crippen LogP contribution in [0.1, 0.15) is 5.56 Å². The highest BCUT2D eigenvalue weighted by Crippen LogP contribution is 2.15. The lowest BCUT2D eigenvalue weighted by molar-refractivity contribution is 0.594. The second-order valence-corrected chi connectivity index (χ2v) is 7.93. The number of amidine groups is 1. The normalized spacial score (nSPS) is 12.3. The monoisotopic (exact) mass is 295 g/mol. The van der Waals surface area contributed by atoms with E-state index in [2.05, 4.69) is 5.10 Å². The van der Waals surface area contributed by atoms with Crippen LogP contribution >= 0.6 is 0 Å². The van der Waals surface area contributed by atoms with E-state index in [0.717, 1.165) is 10.9 Å². The van der Waals surface area contributed by atoms with Crippen molar-refractivity contribution >= 4 is 31.5 Å². The number of nitrogen functional groups attached to an aromatic ring is 1. The van der Waals surface area contributed by atoms with Crippen molar-refractivity contribution in [2.75, 3.05) is 16.1 Å². The second-order valence-electron chi connectivity index (χ2n) is 3.70. The summed E-state index contributed by atoms with van der Waals surface area (Å²) in [4.78, 5) is 0. The molecule has 1 aromatic heterocycles. The Kier molecular flexibility index (Phi) is 3.67. The molecule has 0 radical (unpaired) electrons. The van der Waals surface area contributed by atoms with Crippen molar-refractivity contribution < 1.29 is 16.8 Å². The molecular weight excluding hydrogens is 282 g/mol. The number of nitrogens with one attached hydrogen (secondary N) is 2. The lowest BCUT2D eigenvalue weighted by Gasteiger charge is -2.09. The van der Waals surface area contributed by atoms with E-state index in [4.69, 9.17) is 11.1 Å². The number of nitrogens with zero attached hydrogens (tertiary/aromatic N) is 2. The maximum Gasteiger partial charge on any atom is 0.248 e. The zero-order valence-corrected chi connectivity index (χ0v) is 11.3. The molecule has 0 amide bonds. The molecule has 0 saturated carbocycles. The Labute approximate surface area is 104 Å². The molecular formula is C7H13N5O4S2. The third-order valence-corrected chi connectivity index (χ3v) is 5.31. The molecule has 18 heavy (non-hydrogen) atoms. The van der Waals surface area contributed by atoms with Gasteiger partial charge in [-0.1, -0.05) is 0 Å². The average Bonchev–Trinajstić information content (AvgIpc) is 2.42. The van der Waals surface area contributed by atoms with Crippen LogP contribution in [0.4, 0.5) is 5.82 Å². The number of sulfone groups is 1. The van der Waals surface area contributed by atoms with Crippen LogP contribution in [0.5, 0.6) is 0 Å². The zero-order chi connectivity index (χ0) is 14.1. The van der Waals surface area contributed by atoms with Gasteiger partial charge in [0.1, 0.15) is 11.7 Å². The van der Waals surface area contributed by atoms with Crippen LogP contribution in [0.15, 0.2) is 6.20 Å². The van der Waals surface area contributed by atoms with Gasteiger partial charge in [-0.15, -0.1) is 0 Å². The highest BCUT2D eigenvalue weighted by molar-refractivity contribution is 8.08. The van der Waals surface area contributed by atoms with Crippen LogP contribution in [-0.4, -0.2) is 43.8 Å². The summed E-state index contributed by atoms with van der Waals surface area (Å²) in [7, 11) is -6.35. The van der Waals surface area contributed by atoms with Crippen LogP contribution < -0.4 is 10.5 Å². The quantitative estimate of drug-likeness (QED) is 0.442. The molecule has 11 heteroatoms. The van der Waals surface area contributed by atoms with Crippen molar-refractivity contribution in [2.45, 2.75) is 0 Å². The van der Waals surface area contributed by atoms with Crippen LogP contribution in [0.25, 0.3) is 0 Å². The number of anilines is 1. The summed E-state index contributed by atoms with van der Waals surface area (Å²) in [6.07, 6.45) is 2.02. The largest absolute Gasteiger partial charge is 0.384 e. The van der Waals surface area contributed by atoms with Gasteiger partial charge in [0.25, 0.3) is 0 Å². The van der Waals surface area contributed by atoms with Crippen molar-refractivity contribution in [3.05, 3.63) is 11.8 Å².